The van der Waals surface area contributed by atoms with Crippen molar-refractivity contribution in [1.82, 2.24) is 0 Å². The summed E-state index contributed by atoms with van der Waals surface area (Å²) in [6.07, 6.45) is 0.750. The van der Waals surface area contributed by atoms with Crippen LogP contribution < -0.4 is 0 Å². The van der Waals surface area contributed by atoms with Crippen molar-refractivity contribution in [2.75, 3.05) is 0 Å². The standard InChI is InChI=1S/C23H18O2/c24-23(15-8-2-1-3-9-15)25-21-14-20-16-10-4-6-12-18(16)22(21)19-13-7-5-11-17(19)20/h1-13,20-22H,14H2. The Morgan fingerprint density at radius 2 is 1.24 bits per heavy atom. The van der Waals surface area contributed by atoms with Crippen LogP contribution in [0.3, 0.4) is 0 Å². The van der Waals surface area contributed by atoms with Gasteiger partial charge in [-0.25, -0.2) is 4.79 Å². The highest BCUT2D eigenvalue weighted by Crippen LogP contribution is 2.53. The molecule has 122 valence electrons. The SMILES string of the molecule is O=C(OC1CC2c3ccccc3C1c1ccccc12)c1ccccc1. The number of esters is 1. The molecule has 2 heteroatoms. The summed E-state index contributed by atoms with van der Waals surface area (Å²) in [5, 5.41) is 0. The Bertz CT molecular complexity index is 898. The molecular formula is C23H18O2. The van der Waals surface area contributed by atoms with Gasteiger partial charge in [0.25, 0.3) is 0 Å². The molecule has 3 aliphatic rings. The second-order valence-corrected chi connectivity index (χ2v) is 6.83. The smallest absolute Gasteiger partial charge is 0.338 e. The van der Waals surface area contributed by atoms with Crippen LogP contribution in [0.4, 0.5) is 0 Å². The summed E-state index contributed by atoms with van der Waals surface area (Å²) < 4.78 is 5.99. The van der Waals surface area contributed by atoms with Crippen LogP contribution in [0.1, 0.15) is 50.9 Å². The average molecular weight is 326 g/mol. The number of ether oxygens (including phenoxy) is 1. The van der Waals surface area contributed by atoms with Crippen molar-refractivity contribution in [2.45, 2.75) is 24.4 Å². The van der Waals surface area contributed by atoms with Gasteiger partial charge in [-0.1, -0.05) is 66.7 Å². The maximum Gasteiger partial charge on any atom is 0.338 e. The van der Waals surface area contributed by atoms with Gasteiger partial charge < -0.3 is 4.74 Å². The molecule has 0 N–H and O–H groups in total. The fraction of sp³-hybridized carbons (Fsp3) is 0.174. The van der Waals surface area contributed by atoms with Crippen molar-refractivity contribution in [2.24, 2.45) is 0 Å². The lowest BCUT2D eigenvalue weighted by Gasteiger charge is -2.44. The van der Waals surface area contributed by atoms with Gasteiger partial charge in [-0.05, 0) is 40.8 Å². The number of benzene rings is 3. The third-order valence-electron chi connectivity index (χ3n) is 5.52. The molecule has 0 aliphatic heterocycles. The molecule has 2 nitrogen and oxygen atoms in total. The van der Waals surface area contributed by atoms with Crippen molar-refractivity contribution >= 4 is 5.97 Å². The van der Waals surface area contributed by atoms with Crippen molar-refractivity contribution in [1.29, 1.82) is 0 Å². The zero-order valence-electron chi connectivity index (χ0n) is 13.8. The minimum atomic E-state index is -0.229. The number of carbonyl (C=O) groups is 1. The van der Waals surface area contributed by atoms with Gasteiger partial charge in [-0.3, -0.25) is 0 Å². The summed E-state index contributed by atoms with van der Waals surface area (Å²) in [6, 6.07) is 26.5. The molecule has 0 heterocycles. The summed E-state index contributed by atoms with van der Waals surface area (Å²) in [6.45, 7) is 0. The van der Waals surface area contributed by atoms with Crippen molar-refractivity contribution < 1.29 is 9.53 Å². The molecule has 0 amide bonds. The quantitative estimate of drug-likeness (QED) is 0.627. The highest BCUT2D eigenvalue weighted by molar-refractivity contribution is 5.89. The van der Waals surface area contributed by atoms with E-state index in [0.717, 1.165) is 6.42 Å². The molecule has 0 aromatic heterocycles. The van der Waals surface area contributed by atoms with Gasteiger partial charge in [-0.2, -0.15) is 0 Å². The van der Waals surface area contributed by atoms with Crippen molar-refractivity contribution in [3.63, 3.8) is 0 Å². The summed E-state index contributed by atoms with van der Waals surface area (Å²) >= 11 is 0. The fourth-order valence-corrected chi connectivity index (χ4v) is 4.48. The molecule has 0 saturated carbocycles. The Morgan fingerprint density at radius 1 is 0.720 bits per heavy atom. The van der Waals surface area contributed by atoms with Crippen LogP contribution in [0.2, 0.25) is 0 Å². The van der Waals surface area contributed by atoms with Crippen LogP contribution >= 0.6 is 0 Å². The molecule has 6 rings (SSSR count). The average Bonchev–Trinajstić information content (AvgIpc) is 2.69. The zero-order chi connectivity index (χ0) is 16.8. The fourth-order valence-electron chi connectivity index (χ4n) is 4.48. The van der Waals surface area contributed by atoms with Crippen molar-refractivity contribution in [3.8, 4) is 0 Å². The first-order valence-corrected chi connectivity index (χ1v) is 8.76. The lowest BCUT2D eigenvalue weighted by atomic mass is 9.62. The summed E-state index contributed by atoms with van der Waals surface area (Å²) in [5.74, 6) is 0.212. The Morgan fingerprint density at radius 3 is 1.84 bits per heavy atom. The number of rotatable bonds is 2. The third kappa shape index (κ3) is 2.21. The molecular weight excluding hydrogens is 308 g/mol. The highest BCUT2D eigenvalue weighted by atomic mass is 16.5. The first-order chi connectivity index (χ1) is 12.3. The van der Waals surface area contributed by atoms with E-state index in [2.05, 4.69) is 48.5 Å². The predicted octanol–water partition coefficient (Wildman–Crippen LogP) is 4.89. The number of carbonyl (C=O) groups excluding carboxylic acids is 1. The molecule has 1 unspecified atom stereocenters. The molecule has 0 spiro atoms. The lowest BCUT2D eigenvalue weighted by molar-refractivity contribution is 0.0190. The Hall–Kier alpha value is -2.87. The second-order valence-electron chi connectivity index (χ2n) is 6.83. The monoisotopic (exact) mass is 326 g/mol. The van der Waals surface area contributed by atoms with Gasteiger partial charge >= 0.3 is 5.97 Å². The summed E-state index contributed by atoms with van der Waals surface area (Å²) in [4.78, 5) is 12.6. The molecule has 0 fully saturated rings. The number of hydrogen-bond donors (Lipinski definition) is 0. The molecule has 0 radical (unpaired) electrons. The highest BCUT2D eigenvalue weighted by Gasteiger charge is 2.44. The lowest BCUT2D eigenvalue weighted by Crippen LogP contribution is -2.38. The maximum atomic E-state index is 12.6. The van der Waals surface area contributed by atoms with Crippen LogP contribution in [-0.4, -0.2) is 12.1 Å². The molecule has 3 aromatic rings. The summed E-state index contributed by atoms with van der Waals surface area (Å²) in [7, 11) is 0. The Kier molecular flexibility index (Phi) is 3.24. The van der Waals surface area contributed by atoms with E-state index >= 15 is 0 Å². The molecule has 2 bridgehead atoms. The van der Waals surface area contributed by atoms with E-state index < -0.39 is 0 Å². The van der Waals surface area contributed by atoms with E-state index in [1.54, 1.807) is 0 Å². The molecule has 3 aliphatic carbocycles. The van der Waals surface area contributed by atoms with Crippen LogP contribution in [0, 0.1) is 0 Å². The normalized spacial score (nSPS) is 22.8. The second kappa shape index (κ2) is 5.59. The van der Waals surface area contributed by atoms with E-state index in [0.29, 0.717) is 11.5 Å². The van der Waals surface area contributed by atoms with E-state index in [1.807, 2.05) is 30.3 Å². The molecule has 0 saturated heterocycles. The molecule has 25 heavy (non-hydrogen) atoms. The topological polar surface area (TPSA) is 26.3 Å². The zero-order valence-corrected chi connectivity index (χ0v) is 13.8. The minimum absolute atomic E-state index is 0.109. The van der Waals surface area contributed by atoms with Gasteiger partial charge in [0.1, 0.15) is 6.10 Å². The van der Waals surface area contributed by atoms with E-state index in [9.17, 15) is 4.79 Å². The van der Waals surface area contributed by atoms with Crippen LogP contribution in [0.15, 0.2) is 78.9 Å². The molecule has 3 aromatic carbocycles. The predicted molar refractivity (Wildman–Crippen MR) is 96.8 cm³/mol. The number of fused-ring (bicyclic) bond motifs is 1. The first kappa shape index (κ1) is 14.5. The Labute approximate surface area is 147 Å². The van der Waals surface area contributed by atoms with Gasteiger partial charge in [0.15, 0.2) is 0 Å². The van der Waals surface area contributed by atoms with Crippen LogP contribution in [0.25, 0.3) is 0 Å². The number of hydrogen-bond acceptors (Lipinski definition) is 2. The van der Waals surface area contributed by atoms with Crippen molar-refractivity contribution in [3.05, 3.63) is 107 Å². The van der Waals surface area contributed by atoms with Gasteiger partial charge in [-0.15, -0.1) is 0 Å². The maximum absolute atomic E-state index is 12.6. The van der Waals surface area contributed by atoms with Crippen LogP contribution in [-0.2, 0) is 4.74 Å². The first-order valence-electron chi connectivity index (χ1n) is 8.76. The van der Waals surface area contributed by atoms with E-state index in [1.165, 1.54) is 22.3 Å². The minimum Gasteiger partial charge on any atom is -0.458 e. The van der Waals surface area contributed by atoms with Crippen LogP contribution in [0.5, 0.6) is 0 Å². The van der Waals surface area contributed by atoms with E-state index in [-0.39, 0.29) is 18.0 Å². The van der Waals surface area contributed by atoms with Gasteiger partial charge in [0.2, 0.25) is 0 Å². The third-order valence-corrected chi connectivity index (χ3v) is 5.52. The van der Waals surface area contributed by atoms with E-state index in [4.69, 9.17) is 4.74 Å². The molecule has 1 atom stereocenters. The van der Waals surface area contributed by atoms with Gasteiger partial charge in [0, 0.05) is 11.8 Å². The largest absolute Gasteiger partial charge is 0.458 e. The van der Waals surface area contributed by atoms with Gasteiger partial charge in [0.05, 0.1) is 5.56 Å². The Balaban J connectivity index is 1.55. The summed E-state index contributed by atoms with van der Waals surface area (Å²) in [5.41, 5.74) is 6.01.